The largest absolute Gasteiger partial charge is 0.481 e. The van der Waals surface area contributed by atoms with Crippen LogP contribution in [0.3, 0.4) is 0 Å². The molecule has 1 aromatic rings. The first-order valence-electron chi connectivity index (χ1n) is 4.63. The van der Waals surface area contributed by atoms with Crippen molar-refractivity contribution in [2.24, 2.45) is 5.92 Å². The zero-order valence-electron chi connectivity index (χ0n) is 7.78. The Morgan fingerprint density at radius 2 is 2.20 bits per heavy atom. The summed E-state index contributed by atoms with van der Waals surface area (Å²) in [5.41, 5.74) is -0.161. The van der Waals surface area contributed by atoms with Crippen LogP contribution in [-0.2, 0) is 4.79 Å². The summed E-state index contributed by atoms with van der Waals surface area (Å²) in [6.07, 6.45) is 2.36. The average Bonchev–Trinajstić information content (AvgIpc) is 2.92. The molecule has 1 saturated carbocycles. The molecule has 1 atom stereocenters. The topological polar surface area (TPSA) is 50.2 Å². The van der Waals surface area contributed by atoms with E-state index >= 15 is 0 Å². The number of nitrogens with zero attached hydrogens (tertiary/aromatic N) is 1. The monoisotopic (exact) mass is 213 g/mol. The van der Waals surface area contributed by atoms with E-state index in [0.717, 1.165) is 19.0 Å². The minimum absolute atomic E-state index is 0.0602. The fourth-order valence-electron chi connectivity index (χ4n) is 1.63. The maximum Gasteiger partial charge on any atom is 0.312 e. The van der Waals surface area contributed by atoms with E-state index < -0.39 is 23.5 Å². The molecule has 1 heterocycles. The molecule has 15 heavy (non-hydrogen) atoms. The molecule has 0 amide bonds. The summed E-state index contributed by atoms with van der Waals surface area (Å²) in [6, 6.07) is 0.667. The first-order chi connectivity index (χ1) is 7.09. The Balaban J connectivity index is 2.37. The number of hydrogen-bond donors (Lipinski definition) is 1. The van der Waals surface area contributed by atoms with E-state index in [0.29, 0.717) is 6.07 Å². The number of carboxylic acid groups (broad SMARTS) is 1. The Morgan fingerprint density at radius 3 is 2.67 bits per heavy atom. The lowest BCUT2D eigenvalue weighted by molar-refractivity contribution is -0.139. The van der Waals surface area contributed by atoms with E-state index in [1.807, 2.05) is 0 Å². The fourth-order valence-corrected chi connectivity index (χ4v) is 1.63. The van der Waals surface area contributed by atoms with Crippen molar-refractivity contribution in [3.05, 3.63) is 29.6 Å². The quantitative estimate of drug-likeness (QED) is 0.834. The summed E-state index contributed by atoms with van der Waals surface area (Å²) in [7, 11) is 0. The minimum Gasteiger partial charge on any atom is -0.481 e. The van der Waals surface area contributed by atoms with Gasteiger partial charge in [0.2, 0.25) is 0 Å². The predicted octanol–water partition coefficient (Wildman–Crippen LogP) is 1.94. The van der Waals surface area contributed by atoms with Crippen LogP contribution in [0.25, 0.3) is 0 Å². The van der Waals surface area contributed by atoms with E-state index in [1.54, 1.807) is 0 Å². The number of aliphatic carboxylic acids is 1. The molecule has 1 aromatic heterocycles. The third-order valence-electron chi connectivity index (χ3n) is 2.49. The first kappa shape index (κ1) is 10.0. The smallest absolute Gasteiger partial charge is 0.312 e. The molecule has 80 valence electrons. The van der Waals surface area contributed by atoms with Crippen molar-refractivity contribution < 1.29 is 18.7 Å². The lowest BCUT2D eigenvalue weighted by Crippen LogP contribution is -2.17. The number of rotatable bonds is 3. The van der Waals surface area contributed by atoms with Crippen molar-refractivity contribution >= 4 is 5.97 Å². The lowest BCUT2D eigenvalue weighted by Gasteiger charge is -2.10. The Kier molecular flexibility index (Phi) is 2.38. The van der Waals surface area contributed by atoms with Crippen molar-refractivity contribution in [1.29, 1.82) is 0 Å². The van der Waals surface area contributed by atoms with Gasteiger partial charge in [0, 0.05) is 6.07 Å². The standard InChI is InChI=1S/C10H9F2NO2/c11-6-3-7(12)9(13-4-6)8(10(14)15)5-1-2-5/h3-5,8H,1-2H2,(H,14,15). The molecule has 0 radical (unpaired) electrons. The van der Waals surface area contributed by atoms with Gasteiger partial charge in [0.15, 0.2) is 0 Å². The van der Waals surface area contributed by atoms with Gasteiger partial charge in [-0.1, -0.05) is 0 Å². The molecule has 1 aliphatic rings. The molecule has 1 unspecified atom stereocenters. The maximum atomic E-state index is 13.3. The van der Waals surface area contributed by atoms with E-state index in [2.05, 4.69) is 4.98 Å². The fraction of sp³-hybridized carbons (Fsp3) is 0.400. The molecule has 3 nitrogen and oxygen atoms in total. The minimum atomic E-state index is -1.10. The van der Waals surface area contributed by atoms with Gasteiger partial charge in [0.25, 0.3) is 0 Å². The van der Waals surface area contributed by atoms with Crippen molar-refractivity contribution in [2.45, 2.75) is 18.8 Å². The summed E-state index contributed by atoms with van der Waals surface area (Å²) in [4.78, 5) is 14.4. The molecule has 0 aliphatic heterocycles. The lowest BCUT2D eigenvalue weighted by atomic mass is 9.99. The number of carboxylic acids is 1. The van der Waals surface area contributed by atoms with E-state index in [9.17, 15) is 13.6 Å². The molecular weight excluding hydrogens is 204 g/mol. The summed E-state index contributed by atoms with van der Waals surface area (Å²) < 4.78 is 25.9. The summed E-state index contributed by atoms with van der Waals surface area (Å²) in [5.74, 6) is -3.78. The number of pyridine rings is 1. The Labute approximate surface area is 84.8 Å². The molecule has 0 bridgehead atoms. The highest BCUT2D eigenvalue weighted by molar-refractivity contribution is 5.76. The van der Waals surface area contributed by atoms with Crippen LogP contribution in [0, 0.1) is 17.6 Å². The van der Waals surface area contributed by atoms with Crippen LogP contribution in [0.1, 0.15) is 24.5 Å². The van der Waals surface area contributed by atoms with Gasteiger partial charge in [-0.15, -0.1) is 0 Å². The zero-order chi connectivity index (χ0) is 11.0. The van der Waals surface area contributed by atoms with Crippen molar-refractivity contribution in [3.63, 3.8) is 0 Å². The van der Waals surface area contributed by atoms with Gasteiger partial charge in [-0.2, -0.15) is 0 Å². The predicted molar refractivity (Wildman–Crippen MR) is 47.3 cm³/mol. The van der Waals surface area contributed by atoms with Crippen LogP contribution in [0.15, 0.2) is 12.3 Å². The van der Waals surface area contributed by atoms with Crippen LogP contribution in [0.2, 0.25) is 0 Å². The highest BCUT2D eigenvalue weighted by Crippen LogP contribution is 2.42. The van der Waals surface area contributed by atoms with Crippen LogP contribution in [0.4, 0.5) is 8.78 Å². The van der Waals surface area contributed by atoms with Crippen LogP contribution >= 0.6 is 0 Å². The van der Waals surface area contributed by atoms with Gasteiger partial charge < -0.3 is 5.11 Å². The molecule has 0 saturated heterocycles. The number of hydrogen-bond acceptors (Lipinski definition) is 2. The van der Waals surface area contributed by atoms with Gasteiger partial charge in [-0.05, 0) is 18.8 Å². The van der Waals surface area contributed by atoms with Gasteiger partial charge in [0.1, 0.15) is 17.6 Å². The van der Waals surface area contributed by atoms with E-state index in [-0.39, 0.29) is 11.6 Å². The normalized spacial score (nSPS) is 17.5. The molecule has 1 aliphatic carbocycles. The second kappa shape index (κ2) is 3.56. The molecule has 5 heteroatoms. The third kappa shape index (κ3) is 1.95. The number of carbonyl (C=O) groups is 1. The molecule has 0 aromatic carbocycles. The summed E-state index contributed by atoms with van der Waals surface area (Å²) >= 11 is 0. The van der Waals surface area contributed by atoms with Gasteiger partial charge in [0.05, 0.1) is 11.9 Å². The Hall–Kier alpha value is -1.52. The molecule has 0 spiro atoms. The Morgan fingerprint density at radius 1 is 1.53 bits per heavy atom. The van der Waals surface area contributed by atoms with Crippen LogP contribution < -0.4 is 0 Å². The summed E-state index contributed by atoms with van der Waals surface area (Å²) in [6.45, 7) is 0. The molecule has 1 fully saturated rings. The van der Waals surface area contributed by atoms with Crippen molar-refractivity contribution in [2.75, 3.05) is 0 Å². The van der Waals surface area contributed by atoms with Crippen LogP contribution in [0.5, 0.6) is 0 Å². The highest BCUT2D eigenvalue weighted by atomic mass is 19.1. The van der Waals surface area contributed by atoms with E-state index in [4.69, 9.17) is 5.11 Å². The molecule has 1 N–H and O–H groups in total. The maximum absolute atomic E-state index is 13.3. The highest BCUT2D eigenvalue weighted by Gasteiger charge is 2.39. The summed E-state index contributed by atoms with van der Waals surface area (Å²) in [5, 5.41) is 8.93. The number of aromatic nitrogens is 1. The second-order valence-corrected chi connectivity index (χ2v) is 3.67. The second-order valence-electron chi connectivity index (χ2n) is 3.67. The van der Waals surface area contributed by atoms with Gasteiger partial charge in [-0.25, -0.2) is 8.78 Å². The third-order valence-corrected chi connectivity index (χ3v) is 2.49. The van der Waals surface area contributed by atoms with Crippen molar-refractivity contribution in [1.82, 2.24) is 4.98 Å². The van der Waals surface area contributed by atoms with Crippen molar-refractivity contribution in [3.8, 4) is 0 Å². The number of halogens is 2. The first-order valence-corrected chi connectivity index (χ1v) is 4.63. The van der Waals surface area contributed by atoms with E-state index in [1.165, 1.54) is 0 Å². The molecular formula is C10H9F2NO2. The van der Waals surface area contributed by atoms with Gasteiger partial charge in [-0.3, -0.25) is 9.78 Å². The van der Waals surface area contributed by atoms with Crippen LogP contribution in [-0.4, -0.2) is 16.1 Å². The zero-order valence-corrected chi connectivity index (χ0v) is 7.78. The van der Waals surface area contributed by atoms with Gasteiger partial charge >= 0.3 is 5.97 Å². The average molecular weight is 213 g/mol. The SMILES string of the molecule is O=C(O)C(c1ncc(F)cc1F)C1CC1. The molecule has 2 rings (SSSR count). The Bertz CT molecular complexity index is 404.